The smallest absolute Gasteiger partial charge is 0.293 e. The lowest BCUT2D eigenvalue weighted by Crippen LogP contribution is -2.42. The van der Waals surface area contributed by atoms with Gasteiger partial charge in [-0.3, -0.25) is 19.8 Å². The molecule has 1 aliphatic rings. The van der Waals surface area contributed by atoms with Crippen LogP contribution in [-0.2, 0) is 4.79 Å². The van der Waals surface area contributed by atoms with Gasteiger partial charge < -0.3 is 10.6 Å². The third-order valence-corrected chi connectivity index (χ3v) is 4.70. The van der Waals surface area contributed by atoms with E-state index in [0.717, 1.165) is 31.6 Å². The SMILES string of the molecule is N#Cc1ccc(NC2CCN(CC(=O)Nc3ccccc3)CC2)c([N+](=O)[O-])c1. The van der Waals surface area contributed by atoms with E-state index < -0.39 is 4.92 Å². The van der Waals surface area contributed by atoms with Gasteiger partial charge in [0.25, 0.3) is 5.69 Å². The van der Waals surface area contributed by atoms with Crippen LogP contribution >= 0.6 is 0 Å². The molecule has 0 radical (unpaired) electrons. The lowest BCUT2D eigenvalue weighted by Gasteiger charge is -2.32. The van der Waals surface area contributed by atoms with Gasteiger partial charge in [0.15, 0.2) is 0 Å². The van der Waals surface area contributed by atoms with Crippen LogP contribution in [0.3, 0.4) is 0 Å². The second kappa shape index (κ2) is 8.97. The van der Waals surface area contributed by atoms with Gasteiger partial charge in [0.05, 0.1) is 23.1 Å². The summed E-state index contributed by atoms with van der Waals surface area (Å²) in [6, 6.07) is 15.8. The second-order valence-electron chi connectivity index (χ2n) is 6.71. The summed E-state index contributed by atoms with van der Waals surface area (Å²) in [5, 5.41) is 26.3. The van der Waals surface area contributed by atoms with E-state index in [1.165, 1.54) is 6.07 Å². The summed E-state index contributed by atoms with van der Waals surface area (Å²) in [7, 11) is 0. The molecule has 0 saturated carbocycles. The topological polar surface area (TPSA) is 111 Å². The maximum Gasteiger partial charge on any atom is 0.293 e. The van der Waals surface area contributed by atoms with Crippen LogP contribution in [0.15, 0.2) is 48.5 Å². The summed E-state index contributed by atoms with van der Waals surface area (Å²) < 4.78 is 0. The van der Waals surface area contributed by atoms with Crippen LogP contribution < -0.4 is 10.6 Å². The van der Waals surface area contributed by atoms with Crippen LogP contribution in [0.25, 0.3) is 0 Å². The Morgan fingerprint density at radius 2 is 1.93 bits per heavy atom. The van der Waals surface area contributed by atoms with E-state index in [2.05, 4.69) is 15.5 Å². The molecule has 0 bridgehead atoms. The number of nitro benzene ring substituents is 1. The van der Waals surface area contributed by atoms with Gasteiger partial charge in [-0.2, -0.15) is 5.26 Å². The molecule has 0 aliphatic carbocycles. The van der Waals surface area contributed by atoms with Crippen LogP contribution in [0.2, 0.25) is 0 Å². The lowest BCUT2D eigenvalue weighted by atomic mass is 10.0. The van der Waals surface area contributed by atoms with Crippen molar-refractivity contribution >= 4 is 23.0 Å². The first-order valence-electron chi connectivity index (χ1n) is 9.07. The van der Waals surface area contributed by atoms with Crippen LogP contribution in [0, 0.1) is 21.4 Å². The Morgan fingerprint density at radius 1 is 1.21 bits per heavy atom. The molecule has 0 aromatic heterocycles. The van der Waals surface area contributed by atoms with Crippen molar-refractivity contribution in [3.05, 3.63) is 64.2 Å². The molecule has 0 unspecified atom stereocenters. The molecule has 1 aliphatic heterocycles. The minimum atomic E-state index is -0.480. The summed E-state index contributed by atoms with van der Waals surface area (Å²) in [6.07, 6.45) is 1.55. The number of nitro groups is 1. The predicted octanol–water partition coefficient (Wildman–Crippen LogP) is 2.98. The number of amides is 1. The van der Waals surface area contributed by atoms with Crippen LogP contribution in [0.4, 0.5) is 17.1 Å². The van der Waals surface area contributed by atoms with Gasteiger partial charge in [-0.05, 0) is 37.1 Å². The minimum absolute atomic E-state index is 0.0552. The van der Waals surface area contributed by atoms with Crippen LogP contribution in [0.5, 0.6) is 0 Å². The number of nitriles is 1. The van der Waals surface area contributed by atoms with E-state index in [4.69, 9.17) is 5.26 Å². The van der Waals surface area contributed by atoms with Crippen molar-refractivity contribution in [2.75, 3.05) is 30.3 Å². The molecule has 144 valence electrons. The molecule has 1 saturated heterocycles. The molecule has 1 amide bonds. The van der Waals surface area contributed by atoms with Gasteiger partial charge >= 0.3 is 0 Å². The van der Waals surface area contributed by atoms with Crippen molar-refractivity contribution in [3.8, 4) is 6.07 Å². The molecular formula is C20H21N5O3. The highest BCUT2D eigenvalue weighted by Gasteiger charge is 2.23. The fourth-order valence-electron chi connectivity index (χ4n) is 3.25. The molecule has 8 heteroatoms. The molecule has 2 aromatic carbocycles. The van der Waals surface area contributed by atoms with Gasteiger partial charge in [-0.15, -0.1) is 0 Å². The first-order valence-corrected chi connectivity index (χ1v) is 9.07. The summed E-state index contributed by atoms with van der Waals surface area (Å²) in [5.41, 5.74) is 1.36. The number of nitrogens with zero attached hydrogens (tertiary/aromatic N) is 3. The Bertz CT molecular complexity index is 886. The summed E-state index contributed by atoms with van der Waals surface area (Å²) in [6.45, 7) is 1.77. The first kappa shape index (κ1) is 19.3. The quantitative estimate of drug-likeness (QED) is 0.589. The molecule has 28 heavy (non-hydrogen) atoms. The van der Waals surface area contributed by atoms with Gasteiger partial charge in [0.2, 0.25) is 5.91 Å². The van der Waals surface area contributed by atoms with Crippen molar-refractivity contribution in [1.29, 1.82) is 5.26 Å². The zero-order valence-corrected chi connectivity index (χ0v) is 15.3. The number of likely N-dealkylation sites (tertiary alicyclic amines) is 1. The highest BCUT2D eigenvalue weighted by molar-refractivity contribution is 5.92. The van der Waals surface area contributed by atoms with E-state index in [0.29, 0.717) is 12.2 Å². The number of para-hydroxylation sites is 1. The van der Waals surface area contributed by atoms with E-state index in [-0.39, 0.29) is 23.2 Å². The Labute approximate surface area is 162 Å². The summed E-state index contributed by atoms with van der Waals surface area (Å²) in [4.78, 5) is 25.0. The summed E-state index contributed by atoms with van der Waals surface area (Å²) in [5.74, 6) is -0.0552. The fourth-order valence-corrected chi connectivity index (χ4v) is 3.25. The Balaban J connectivity index is 1.51. The number of hydrogen-bond donors (Lipinski definition) is 2. The molecule has 3 rings (SSSR count). The second-order valence-corrected chi connectivity index (χ2v) is 6.71. The minimum Gasteiger partial charge on any atom is -0.377 e. The average Bonchev–Trinajstić information content (AvgIpc) is 2.70. The highest BCUT2D eigenvalue weighted by Crippen LogP contribution is 2.27. The Hall–Kier alpha value is -3.44. The third-order valence-electron chi connectivity index (χ3n) is 4.70. The number of piperidine rings is 1. The van der Waals surface area contributed by atoms with Gasteiger partial charge in [0, 0.05) is 30.9 Å². The molecule has 0 spiro atoms. The number of benzene rings is 2. The molecule has 2 aromatic rings. The van der Waals surface area contributed by atoms with E-state index in [1.807, 2.05) is 36.4 Å². The maximum absolute atomic E-state index is 12.2. The lowest BCUT2D eigenvalue weighted by molar-refractivity contribution is -0.384. The molecule has 0 atom stereocenters. The van der Waals surface area contributed by atoms with Crippen LogP contribution in [0.1, 0.15) is 18.4 Å². The van der Waals surface area contributed by atoms with Crippen molar-refractivity contribution < 1.29 is 9.72 Å². The molecule has 1 heterocycles. The van der Waals surface area contributed by atoms with Crippen molar-refractivity contribution in [3.63, 3.8) is 0 Å². The molecule has 8 nitrogen and oxygen atoms in total. The monoisotopic (exact) mass is 379 g/mol. The predicted molar refractivity (Wildman–Crippen MR) is 106 cm³/mol. The zero-order chi connectivity index (χ0) is 19.9. The van der Waals surface area contributed by atoms with E-state index >= 15 is 0 Å². The molecular weight excluding hydrogens is 358 g/mol. The molecule has 2 N–H and O–H groups in total. The number of anilines is 2. The van der Waals surface area contributed by atoms with Crippen molar-refractivity contribution in [1.82, 2.24) is 4.90 Å². The zero-order valence-electron chi connectivity index (χ0n) is 15.3. The number of carbonyl (C=O) groups is 1. The first-order chi connectivity index (χ1) is 13.5. The van der Waals surface area contributed by atoms with Gasteiger partial charge in [-0.1, -0.05) is 18.2 Å². The number of rotatable bonds is 6. The van der Waals surface area contributed by atoms with Gasteiger partial charge in [-0.25, -0.2) is 0 Å². The highest BCUT2D eigenvalue weighted by atomic mass is 16.6. The van der Waals surface area contributed by atoms with Crippen molar-refractivity contribution in [2.24, 2.45) is 0 Å². The molecule has 1 fully saturated rings. The summed E-state index contributed by atoms with van der Waals surface area (Å²) >= 11 is 0. The largest absolute Gasteiger partial charge is 0.377 e. The average molecular weight is 379 g/mol. The van der Waals surface area contributed by atoms with Crippen LogP contribution in [-0.4, -0.2) is 41.4 Å². The Morgan fingerprint density at radius 3 is 2.57 bits per heavy atom. The normalized spacial score (nSPS) is 14.8. The Kier molecular flexibility index (Phi) is 6.19. The number of nitrogens with one attached hydrogen (secondary N) is 2. The number of carbonyl (C=O) groups excluding carboxylic acids is 1. The van der Waals surface area contributed by atoms with Gasteiger partial charge in [0.1, 0.15) is 5.69 Å². The number of hydrogen-bond acceptors (Lipinski definition) is 6. The van der Waals surface area contributed by atoms with E-state index in [9.17, 15) is 14.9 Å². The fraction of sp³-hybridized carbons (Fsp3) is 0.300. The standard InChI is InChI=1S/C20H21N5O3/c21-13-15-6-7-18(19(12-15)25(27)28)22-17-8-10-24(11-9-17)14-20(26)23-16-4-2-1-3-5-16/h1-7,12,17,22H,8-11,14H2,(H,23,26). The maximum atomic E-state index is 12.2. The van der Waals surface area contributed by atoms with Crippen molar-refractivity contribution in [2.45, 2.75) is 18.9 Å². The third kappa shape index (κ3) is 5.05. The van der Waals surface area contributed by atoms with E-state index in [1.54, 1.807) is 12.1 Å².